The van der Waals surface area contributed by atoms with E-state index in [1.165, 1.54) is 25.7 Å². The lowest BCUT2D eigenvalue weighted by Gasteiger charge is -2.12. The lowest BCUT2D eigenvalue weighted by molar-refractivity contribution is -0.148. The first kappa shape index (κ1) is 20.0. The maximum atomic E-state index is 12.4. The molecule has 0 spiro atoms. The minimum atomic E-state index is -1.02. The van der Waals surface area contributed by atoms with Crippen molar-refractivity contribution in [3.05, 3.63) is 60.7 Å². The molecule has 1 unspecified atom stereocenters. The summed E-state index contributed by atoms with van der Waals surface area (Å²) in [6, 6.07) is 11.5. The highest BCUT2D eigenvalue weighted by Crippen LogP contribution is 2.22. The highest BCUT2D eigenvalue weighted by atomic mass is 16.5. The van der Waals surface area contributed by atoms with E-state index in [4.69, 9.17) is 9.47 Å². The third-order valence-electron chi connectivity index (χ3n) is 4.61. The minimum absolute atomic E-state index is 0.263. The van der Waals surface area contributed by atoms with E-state index in [0.717, 1.165) is 22.1 Å². The molecule has 0 aliphatic heterocycles. The molecular formula is C22H19N5O4. The number of hydrogen-bond donors (Lipinski definition) is 2. The number of anilines is 1. The third-order valence-corrected chi connectivity index (χ3v) is 4.61. The predicted molar refractivity (Wildman–Crippen MR) is 115 cm³/mol. The summed E-state index contributed by atoms with van der Waals surface area (Å²) in [5.41, 5.74) is 1.74. The number of imidazole rings is 1. The molecule has 2 aromatic heterocycles. The van der Waals surface area contributed by atoms with Crippen LogP contribution in [0.15, 0.2) is 55.1 Å². The molecule has 2 heterocycles. The van der Waals surface area contributed by atoms with Gasteiger partial charge in [-0.2, -0.15) is 0 Å². The molecule has 1 amide bonds. The van der Waals surface area contributed by atoms with Crippen molar-refractivity contribution in [2.45, 2.75) is 13.0 Å². The first-order chi connectivity index (χ1) is 15.0. The van der Waals surface area contributed by atoms with Gasteiger partial charge in [-0.1, -0.05) is 18.2 Å². The summed E-state index contributed by atoms with van der Waals surface area (Å²) in [6.07, 6.45) is 4.64. The number of esters is 1. The number of hydrogen-bond acceptors (Lipinski definition) is 7. The van der Waals surface area contributed by atoms with Crippen molar-refractivity contribution in [2.24, 2.45) is 0 Å². The number of nitrogens with zero attached hydrogens (tertiary/aromatic N) is 3. The molecule has 2 aromatic carbocycles. The Morgan fingerprint density at radius 3 is 2.74 bits per heavy atom. The molecule has 0 saturated heterocycles. The molecule has 9 heteroatoms. The van der Waals surface area contributed by atoms with Crippen LogP contribution in [0.4, 0.5) is 5.82 Å². The van der Waals surface area contributed by atoms with Crippen molar-refractivity contribution in [2.75, 3.05) is 12.4 Å². The summed E-state index contributed by atoms with van der Waals surface area (Å²) in [5.74, 6) is -0.108. The van der Waals surface area contributed by atoms with Crippen molar-refractivity contribution in [1.82, 2.24) is 19.9 Å². The molecule has 0 aliphatic rings. The van der Waals surface area contributed by atoms with Gasteiger partial charge in [0.1, 0.15) is 17.6 Å². The summed E-state index contributed by atoms with van der Waals surface area (Å²) in [4.78, 5) is 39.4. The Kier molecular flexibility index (Phi) is 5.57. The standard InChI is InChI=1S/C22H19N5O4/c1-13(22(29)27-21-19-20(24-11-23-19)25-12-26-21)31-18(28)8-4-14-3-5-16-10-17(30-2)7-6-15(16)9-14/h3-13H,1-2H3,(H2,23,24,25,26,27,29)/b8-4+. The summed E-state index contributed by atoms with van der Waals surface area (Å²) in [6.45, 7) is 1.48. The number of aromatic amines is 1. The first-order valence-corrected chi connectivity index (χ1v) is 9.45. The van der Waals surface area contributed by atoms with E-state index in [-0.39, 0.29) is 5.82 Å². The molecule has 2 N–H and O–H groups in total. The van der Waals surface area contributed by atoms with Crippen molar-refractivity contribution in [1.29, 1.82) is 0 Å². The van der Waals surface area contributed by atoms with Crippen LogP contribution >= 0.6 is 0 Å². The zero-order valence-electron chi connectivity index (χ0n) is 16.8. The van der Waals surface area contributed by atoms with Crippen LogP contribution in [0.3, 0.4) is 0 Å². The number of nitrogens with one attached hydrogen (secondary N) is 2. The molecule has 31 heavy (non-hydrogen) atoms. The van der Waals surface area contributed by atoms with Crippen LogP contribution in [0.25, 0.3) is 28.0 Å². The van der Waals surface area contributed by atoms with E-state index in [9.17, 15) is 9.59 Å². The molecule has 0 radical (unpaired) electrons. The molecule has 0 bridgehead atoms. The van der Waals surface area contributed by atoms with E-state index in [1.54, 1.807) is 13.2 Å². The molecule has 0 fully saturated rings. The molecule has 156 valence electrons. The Hall–Kier alpha value is -4.27. The largest absolute Gasteiger partial charge is 0.497 e. The Balaban J connectivity index is 1.38. The van der Waals surface area contributed by atoms with Crippen LogP contribution in [0, 0.1) is 0 Å². The van der Waals surface area contributed by atoms with Gasteiger partial charge >= 0.3 is 5.97 Å². The van der Waals surface area contributed by atoms with E-state index < -0.39 is 18.0 Å². The van der Waals surface area contributed by atoms with Crippen LogP contribution in [0.2, 0.25) is 0 Å². The molecule has 0 aliphatic carbocycles. The summed E-state index contributed by atoms with van der Waals surface area (Å²) >= 11 is 0. The molecular weight excluding hydrogens is 398 g/mol. The Labute approximate surface area is 177 Å². The van der Waals surface area contributed by atoms with E-state index in [0.29, 0.717) is 11.2 Å². The van der Waals surface area contributed by atoms with Crippen molar-refractivity contribution >= 4 is 45.7 Å². The number of carbonyl (C=O) groups is 2. The third kappa shape index (κ3) is 4.50. The van der Waals surface area contributed by atoms with Crippen LogP contribution in [0.1, 0.15) is 12.5 Å². The number of carbonyl (C=O) groups excluding carboxylic acids is 2. The predicted octanol–water partition coefficient (Wildman–Crippen LogP) is 3.10. The van der Waals surface area contributed by atoms with Gasteiger partial charge in [0.2, 0.25) is 0 Å². The zero-order chi connectivity index (χ0) is 21.8. The van der Waals surface area contributed by atoms with Gasteiger partial charge in [0.05, 0.1) is 13.4 Å². The molecule has 0 saturated carbocycles. The number of H-pyrrole nitrogens is 1. The van der Waals surface area contributed by atoms with Gasteiger partial charge in [0, 0.05) is 6.08 Å². The average molecular weight is 417 g/mol. The van der Waals surface area contributed by atoms with E-state index in [2.05, 4.69) is 25.3 Å². The van der Waals surface area contributed by atoms with Crippen molar-refractivity contribution < 1.29 is 19.1 Å². The van der Waals surface area contributed by atoms with Gasteiger partial charge in [-0.15, -0.1) is 0 Å². The second-order valence-corrected chi connectivity index (χ2v) is 6.70. The number of aromatic nitrogens is 4. The smallest absolute Gasteiger partial charge is 0.331 e. The molecule has 9 nitrogen and oxygen atoms in total. The molecule has 1 atom stereocenters. The monoisotopic (exact) mass is 417 g/mol. The highest BCUT2D eigenvalue weighted by Gasteiger charge is 2.19. The zero-order valence-corrected chi connectivity index (χ0v) is 16.8. The Bertz CT molecular complexity index is 1300. The summed E-state index contributed by atoms with van der Waals surface area (Å²) in [7, 11) is 1.62. The van der Waals surface area contributed by atoms with Gasteiger partial charge in [0.25, 0.3) is 5.91 Å². The molecule has 4 aromatic rings. The number of fused-ring (bicyclic) bond motifs is 2. The fourth-order valence-electron chi connectivity index (χ4n) is 2.98. The van der Waals surface area contributed by atoms with Crippen LogP contribution in [-0.4, -0.2) is 45.0 Å². The number of benzene rings is 2. The summed E-state index contributed by atoms with van der Waals surface area (Å²) < 4.78 is 10.4. The van der Waals surface area contributed by atoms with Crippen molar-refractivity contribution in [3.63, 3.8) is 0 Å². The number of rotatable bonds is 6. The van der Waals surface area contributed by atoms with Gasteiger partial charge in [-0.05, 0) is 47.5 Å². The van der Waals surface area contributed by atoms with Crippen LogP contribution in [0.5, 0.6) is 5.75 Å². The minimum Gasteiger partial charge on any atom is -0.497 e. The second kappa shape index (κ2) is 8.62. The van der Waals surface area contributed by atoms with Crippen molar-refractivity contribution in [3.8, 4) is 5.75 Å². The first-order valence-electron chi connectivity index (χ1n) is 9.45. The second-order valence-electron chi connectivity index (χ2n) is 6.70. The Morgan fingerprint density at radius 1 is 1.10 bits per heavy atom. The fraction of sp³-hybridized carbons (Fsp3) is 0.136. The van der Waals surface area contributed by atoms with Gasteiger partial charge in [-0.25, -0.2) is 19.7 Å². The van der Waals surface area contributed by atoms with E-state index in [1.807, 2.05) is 36.4 Å². The average Bonchev–Trinajstić information content (AvgIpc) is 3.27. The van der Waals surface area contributed by atoms with Gasteiger partial charge in [0.15, 0.2) is 17.6 Å². The lowest BCUT2D eigenvalue weighted by Crippen LogP contribution is -2.29. The number of amides is 1. The van der Waals surface area contributed by atoms with Crippen LogP contribution in [-0.2, 0) is 14.3 Å². The topological polar surface area (TPSA) is 119 Å². The number of ether oxygens (including phenoxy) is 2. The maximum absolute atomic E-state index is 12.4. The fourth-order valence-corrected chi connectivity index (χ4v) is 2.98. The van der Waals surface area contributed by atoms with E-state index >= 15 is 0 Å². The van der Waals surface area contributed by atoms with Gasteiger partial charge < -0.3 is 19.8 Å². The SMILES string of the molecule is COc1ccc2cc(/C=C/C(=O)OC(C)C(=O)Nc3ncnc4nc[nH]c34)ccc2c1. The maximum Gasteiger partial charge on any atom is 0.331 e. The normalized spacial score (nSPS) is 12.2. The van der Waals surface area contributed by atoms with Gasteiger partial charge in [-0.3, -0.25) is 4.79 Å². The lowest BCUT2D eigenvalue weighted by atomic mass is 10.1. The quantitative estimate of drug-likeness (QED) is 0.365. The number of methoxy groups -OCH3 is 1. The highest BCUT2D eigenvalue weighted by molar-refractivity contribution is 6.00. The van der Waals surface area contributed by atoms with Crippen LogP contribution < -0.4 is 10.1 Å². The molecule has 4 rings (SSSR count). The Morgan fingerprint density at radius 2 is 1.90 bits per heavy atom. The summed E-state index contributed by atoms with van der Waals surface area (Å²) in [5, 5.41) is 4.65.